The molecule has 0 aromatic heterocycles. The number of hydrogen-bond acceptors (Lipinski definition) is 3. The Kier molecular flexibility index (Phi) is 4.51. The number of nitrogens with zero attached hydrogens (tertiary/aromatic N) is 1. The molecule has 3 heteroatoms. The van der Waals surface area contributed by atoms with E-state index in [1.807, 2.05) is 0 Å². The van der Waals surface area contributed by atoms with Crippen molar-refractivity contribution in [2.75, 3.05) is 26.7 Å². The van der Waals surface area contributed by atoms with E-state index in [-0.39, 0.29) is 0 Å². The summed E-state index contributed by atoms with van der Waals surface area (Å²) >= 11 is 0. The third-order valence-electron chi connectivity index (χ3n) is 5.36. The van der Waals surface area contributed by atoms with Crippen molar-refractivity contribution in [3.05, 3.63) is 29.8 Å². The molecule has 0 bridgehead atoms. The minimum Gasteiger partial charge on any atom is -0.497 e. The minimum atomic E-state index is 0.386. The van der Waals surface area contributed by atoms with Gasteiger partial charge in [-0.2, -0.15) is 0 Å². The lowest BCUT2D eigenvalue weighted by Gasteiger charge is -2.48. The second kappa shape index (κ2) is 6.37. The molecule has 0 amide bonds. The molecule has 1 atom stereocenters. The van der Waals surface area contributed by atoms with Gasteiger partial charge in [-0.1, -0.05) is 31.4 Å². The van der Waals surface area contributed by atoms with E-state index < -0.39 is 0 Å². The lowest BCUT2D eigenvalue weighted by Crippen LogP contribution is -2.61. The van der Waals surface area contributed by atoms with E-state index in [0.717, 1.165) is 18.8 Å². The van der Waals surface area contributed by atoms with E-state index in [4.69, 9.17) is 4.74 Å². The number of methoxy groups -OCH3 is 1. The lowest BCUT2D eigenvalue weighted by molar-refractivity contribution is 0.0730. The van der Waals surface area contributed by atoms with Gasteiger partial charge in [0, 0.05) is 31.2 Å². The third-order valence-corrected chi connectivity index (χ3v) is 5.36. The smallest absolute Gasteiger partial charge is 0.118 e. The van der Waals surface area contributed by atoms with Gasteiger partial charge in [-0.05, 0) is 37.5 Å². The molecule has 1 aromatic carbocycles. The van der Waals surface area contributed by atoms with Gasteiger partial charge in [0.15, 0.2) is 0 Å². The zero-order chi connectivity index (χ0) is 14.7. The molecular formula is C18H28N2O. The zero-order valence-electron chi connectivity index (χ0n) is 13.4. The fourth-order valence-electron chi connectivity index (χ4n) is 3.98. The highest BCUT2D eigenvalue weighted by atomic mass is 16.5. The summed E-state index contributed by atoms with van der Waals surface area (Å²) in [6.45, 7) is 5.80. The van der Waals surface area contributed by atoms with Crippen molar-refractivity contribution in [1.82, 2.24) is 10.2 Å². The van der Waals surface area contributed by atoms with Crippen LogP contribution < -0.4 is 10.1 Å². The van der Waals surface area contributed by atoms with Gasteiger partial charge in [-0.3, -0.25) is 4.90 Å². The molecule has 1 aliphatic heterocycles. The molecule has 1 aliphatic carbocycles. The Hall–Kier alpha value is -1.06. The van der Waals surface area contributed by atoms with Gasteiger partial charge in [-0.15, -0.1) is 0 Å². The maximum absolute atomic E-state index is 5.26. The van der Waals surface area contributed by atoms with Crippen molar-refractivity contribution >= 4 is 0 Å². The molecule has 1 saturated carbocycles. The summed E-state index contributed by atoms with van der Waals surface area (Å²) in [5.41, 5.74) is 1.78. The first-order valence-electron chi connectivity index (χ1n) is 8.35. The van der Waals surface area contributed by atoms with Gasteiger partial charge < -0.3 is 10.1 Å². The fraction of sp³-hybridized carbons (Fsp3) is 0.667. The van der Waals surface area contributed by atoms with E-state index in [2.05, 4.69) is 41.4 Å². The van der Waals surface area contributed by atoms with Crippen LogP contribution in [0.2, 0.25) is 0 Å². The van der Waals surface area contributed by atoms with E-state index in [1.54, 1.807) is 7.11 Å². The van der Waals surface area contributed by atoms with Crippen LogP contribution in [0.3, 0.4) is 0 Å². The highest BCUT2D eigenvalue weighted by Crippen LogP contribution is 2.33. The second-order valence-corrected chi connectivity index (χ2v) is 6.69. The molecule has 21 heavy (non-hydrogen) atoms. The van der Waals surface area contributed by atoms with Crippen LogP contribution in [0.4, 0.5) is 0 Å². The quantitative estimate of drug-likeness (QED) is 0.923. The van der Waals surface area contributed by atoms with Crippen molar-refractivity contribution in [2.24, 2.45) is 0 Å². The van der Waals surface area contributed by atoms with Crippen molar-refractivity contribution in [3.8, 4) is 5.75 Å². The molecule has 3 nitrogen and oxygen atoms in total. The summed E-state index contributed by atoms with van der Waals surface area (Å²) in [7, 11) is 1.72. The molecule has 1 spiro atoms. The normalized spacial score (nSPS) is 23.9. The van der Waals surface area contributed by atoms with E-state index in [0.29, 0.717) is 11.6 Å². The summed E-state index contributed by atoms with van der Waals surface area (Å²) in [6.07, 6.45) is 6.88. The van der Waals surface area contributed by atoms with E-state index in [1.165, 1.54) is 44.2 Å². The molecule has 2 fully saturated rings. The number of ether oxygens (including phenoxy) is 1. The monoisotopic (exact) mass is 288 g/mol. The van der Waals surface area contributed by atoms with Crippen molar-refractivity contribution in [2.45, 2.75) is 50.6 Å². The van der Waals surface area contributed by atoms with E-state index in [9.17, 15) is 0 Å². The maximum Gasteiger partial charge on any atom is 0.118 e. The molecule has 1 N–H and O–H groups in total. The SMILES string of the molecule is COc1ccc(C(C)N2CCNC3(CCCCC3)C2)cc1. The van der Waals surface area contributed by atoms with Crippen LogP contribution in [0.1, 0.15) is 50.6 Å². The Balaban J connectivity index is 1.69. The Labute approximate surface area is 128 Å². The summed E-state index contributed by atoms with van der Waals surface area (Å²) in [6, 6.07) is 9.05. The van der Waals surface area contributed by atoms with Gasteiger partial charge in [0.05, 0.1) is 7.11 Å². The highest BCUT2D eigenvalue weighted by Gasteiger charge is 2.37. The molecule has 0 radical (unpaired) electrons. The van der Waals surface area contributed by atoms with Crippen LogP contribution >= 0.6 is 0 Å². The van der Waals surface area contributed by atoms with Crippen molar-refractivity contribution < 1.29 is 4.74 Å². The molecule has 3 rings (SSSR count). The number of hydrogen-bond donors (Lipinski definition) is 1. The Bertz CT molecular complexity index is 445. The van der Waals surface area contributed by atoms with E-state index >= 15 is 0 Å². The van der Waals surface area contributed by atoms with Gasteiger partial charge in [-0.25, -0.2) is 0 Å². The summed E-state index contributed by atoms with van der Waals surface area (Å²) in [5.74, 6) is 0.940. The fourth-order valence-corrected chi connectivity index (χ4v) is 3.98. The first-order valence-corrected chi connectivity index (χ1v) is 8.35. The zero-order valence-corrected chi connectivity index (χ0v) is 13.4. The average molecular weight is 288 g/mol. The molecule has 116 valence electrons. The van der Waals surface area contributed by atoms with Gasteiger partial charge >= 0.3 is 0 Å². The molecular weight excluding hydrogens is 260 g/mol. The van der Waals surface area contributed by atoms with Crippen LogP contribution in [0.15, 0.2) is 24.3 Å². The summed E-state index contributed by atoms with van der Waals surface area (Å²) < 4.78 is 5.26. The Morgan fingerprint density at radius 2 is 1.86 bits per heavy atom. The molecule has 1 heterocycles. The highest BCUT2D eigenvalue weighted by molar-refractivity contribution is 5.29. The molecule has 1 unspecified atom stereocenters. The molecule has 2 aliphatic rings. The topological polar surface area (TPSA) is 24.5 Å². The maximum atomic E-state index is 5.26. The van der Waals surface area contributed by atoms with Crippen LogP contribution in [-0.4, -0.2) is 37.2 Å². The van der Waals surface area contributed by atoms with Gasteiger partial charge in [0.1, 0.15) is 5.75 Å². The number of rotatable bonds is 3. The predicted molar refractivity (Wildman–Crippen MR) is 86.8 cm³/mol. The van der Waals surface area contributed by atoms with Crippen LogP contribution in [0.5, 0.6) is 5.75 Å². The van der Waals surface area contributed by atoms with Crippen LogP contribution in [0.25, 0.3) is 0 Å². The first kappa shape index (κ1) is 14.9. The Morgan fingerprint density at radius 3 is 2.52 bits per heavy atom. The van der Waals surface area contributed by atoms with Crippen LogP contribution in [0, 0.1) is 0 Å². The molecule has 1 aromatic rings. The largest absolute Gasteiger partial charge is 0.497 e. The average Bonchev–Trinajstić information content (AvgIpc) is 2.55. The number of nitrogens with one attached hydrogen (secondary N) is 1. The first-order chi connectivity index (χ1) is 10.2. The van der Waals surface area contributed by atoms with Gasteiger partial charge in [0.25, 0.3) is 0 Å². The second-order valence-electron chi connectivity index (χ2n) is 6.69. The minimum absolute atomic E-state index is 0.386. The number of benzene rings is 1. The van der Waals surface area contributed by atoms with Gasteiger partial charge in [0.2, 0.25) is 0 Å². The van der Waals surface area contributed by atoms with Crippen molar-refractivity contribution in [3.63, 3.8) is 0 Å². The molecule has 1 saturated heterocycles. The Morgan fingerprint density at radius 1 is 1.14 bits per heavy atom. The lowest BCUT2D eigenvalue weighted by atomic mass is 9.79. The van der Waals surface area contributed by atoms with Crippen molar-refractivity contribution in [1.29, 1.82) is 0 Å². The van der Waals surface area contributed by atoms with Crippen LogP contribution in [-0.2, 0) is 0 Å². The summed E-state index contributed by atoms with van der Waals surface area (Å²) in [5, 5.41) is 3.83. The number of piperazine rings is 1. The third kappa shape index (κ3) is 3.24. The predicted octanol–water partition coefficient (Wildman–Crippen LogP) is 3.36. The standard InChI is InChI=1S/C18H28N2O/c1-15(16-6-8-17(21-2)9-7-16)20-13-12-19-18(14-20)10-4-3-5-11-18/h6-9,15,19H,3-5,10-14H2,1-2H3. The summed E-state index contributed by atoms with van der Waals surface area (Å²) in [4.78, 5) is 2.66.